The van der Waals surface area contributed by atoms with E-state index in [1.165, 1.54) is 6.42 Å². The van der Waals surface area contributed by atoms with Crippen LogP contribution in [0.1, 0.15) is 23.2 Å². The van der Waals surface area contributed by atoms with E-state index in [0.29, 0.717) is 5.92 Å². The molecule has 1 fully saturated rings. The Kier molecular flexibility index (Phi) is 6.46. The third-order valence-electron chi connectivity index (χ3n) is 4.63. The molecule has 4 nitrogen and oxygen atoms in total. The Morgan fingerprint density at radius 1 is 1.25 bits per heavy atom. The molecule has 130 valence electrons. The van der Waals surface area contributed by atoms with Crippen LogP contribution in [0.3, 0.4) is 0 Å². The van der Waals surface area contributed by atoms with Crippen molar-refractivity contribution < 1.29 is 9.53 Å². The first kappa shape index (κ1) is 18.6. The molecular weight excluding hydrogens is 324 g/mol. The summed E-state index contributed by atoms with van der Waals surface area (Å²) in [4.78, 5) is 15.0. The van der Waals surface area contributed by atoms with Gasteiger partial charge < -0.3 is 15.0 Å². The van der Waals surface area contributed by atoms with Crippen molar-refractivity contribution in [3.05, 3.63) is 42.0 Å². The van der Waals surface area contributed by atoms with Crippen LogP contribution in [0, 0.1) is 5.92 Å². The molecule has 1 aliphatic rings. The van der Waals surface area contributed by atoms with Crippen molar-refractivity contribution >= 4 is 29.1 Å². The molecule has 1 heterocycles. The highest BCUT2D eigenvalue weighted by atomic mass is 35.5. The van der Waals surface area contributed by atoms with Gasteiger partial charge in [0, 0.05) is 24.0 Å². The molecule has 1 saturated heterocycles. The predicted molar refractivity (Wildman–Crippen MR) is 100 cm³/mol. The molecule has 24 heavy (non-hydrogen) atoms. The highest BCUT2D eigenvalue weighted by Gasteiger charge is 2.25. The molecule has 0 aromatic heterocycles. The first-order chi connectivity index (χ1) is 11.2. The van der Waals surface area contributed by atoms with Crippen LogP contribution in [0.4, 0.5) is 0 Å². The monoisotopic (exact) mass is 348 g/mol. The lowest BCUT2D eigenvalue weighted by Crippen LogP contribution is -2.42. The Hall–Kier alpha value is -1.78. The van der Waals surface area contributed by atoms with Crippen LogP contribution >= 0.6 is 12.4 Å². The molecule has 5 heteroatoms. The standard InChI is InChI=1S/C19H24N2O2.ClH/c1-20-12-14-6-5-11-21(13-14)19(22)17-9-10-18(23-2)16-8-4-3-7-15(16)17;/h3-4,7-10,14,20H,5-6,11-13H2,1-2H3;1H. The maximum atomic E-state index is 13.0. The molecule has 1 unspecified atom stereocenters. The number of likely N-dealkylation sites (tertiary alicyclic amines) is 1. The number of ether oxygens (including phenoxy) is 1. The largest absolute Gasteiger partial charge is 0.496 e. The second kappa shape index (κ2) is 8.36. The summed E-state index contributed by atoms with van der Waals surface area (Å²) in [5, 5.41) is 5.18. The molecule has 1 aliphatic heterocycles. The molecule has 0 saturated carbocycles. The highest BCUT2D eigenvalue weighted by molar-refractivity contribution is 6.08. The number of nitrogens with one attached hydrogen (secondary N) is 1. The lowest BCUT2D eigenvalue weighted by Gasteiger charge is -2.33. The SMILES string of the molecule is CNCC1CCCN(C(=O)c2ccc(OC)c3ccccc23)C1.Cl. The molecule has 0 spiro atoms. The second-order valence-corrected chi connectivity index (χ2v) is 6.18. The number of benzene rings is 2. The minimum atomic E-state index is 0. The molecule has 0 aliphatic carbocycles. The van der Waals surface area contributed by atoms with Gasteiger partial charge in [-0.3, -0.25) is 4.79 Å². The summed E-state index contributed by atoms with van der Waals surface area (Å²) in [7, 11) is 3.63. The van der Waals surface area contributed by atoms with Gasteiger partial charge in [-0.25, -0.2) is 0 Å². The molecule has 2 aromatic carbocycles. The number of piperidine rings is 1. The van der Waals surface area contributed by atoms with E-state index >= 15 is 0 Å². The third kappa shape index (κ3) is 3.65. The van der Waals surface area contributed by atoms with Gasteiger partial charge in [0.1, 0.15) is 5.75 Å². The van der Waals surface area contributed by atoms with Crippen molar-refractivity contribution in [2.45, 2.75) is 12.8 Å². The van der Waals surface area contributed by atoms with Crippen LogP contribution in [0.25, 0.3) is 10.8 Å². The fourth-order valence-electron chi connectivity index (χ4n) is 3.51. The van der Waals surface area contributed by atoms with Gasteiger partial charge in [0.05, 0.1) is 7.11 Å². The normalized spacial score (nSPS) is 17.4. The van der Waals surface area contributed by atoms with Crippen LogP contribution in [0.5, 0.6) is 5.75 Å². The van der Waals surface area contributed by atoms with Crippen molar-refractivity contribution in [1.29, 1.82) is 0 Å². The van der Waals surface area contributed by atoms with Gasteiger partial charge in [0.15, 0.2) is 0 Å². The van der Waals surface area contributed by atoms with E-state index in [4.69, 9.17) is 4.74 Å². The number of rotatable bonds is 4. The summed E-state index contributed by atoms with van der Waals surface area (Å²) in [6.45, 7) is 2.65. The smallest absolute Gasteiger partial charge is 0.254 e. The van der Waals surface area contributed by atoms with Crippen molar-refractivity contribution in [3.63, 3.8) is 0 Å². The average Bonchev–Trinajstić information content (AvgIpc) is 2.61. The van der Waals surface area contributed by atoms with Gasteiger partial charge in [0.2, 0.25) is 0 Å². The van der Waals surface area contributed by atoms with E-state index in [1.54, 1.807) is 7.11 Å². The second-order valence-electron chi connectivity index (χ2n) is 6.18. The van der Waals surface area contributed by atoms with Gasteiger partial charge in [-0.2, -0.15) is 0 Å². The Labute approximate surface area is 149 Å². The molecule has 1 amide bonds. The molecule has 3 rings (SSSR count). The van der Waals surface area contributed by atoms with E-state index in [0.717, 1.165) is 48.1 Å². The lowest BCUT2D eigenvalue weighted by molar-refractivity contribution is 0.0676. The number of nitrogens with zero attached hydrogens (tertiary/aromatic N) is 1. The van der Waals surface area contributed by atoms with Crippen molar-refractivity contribution in [1.82, 2.24) is 10.2 Å². The van der Waals surface area contributed by atoms with Gasteiger partial charge in [-0.1, -0.05) is 24.3 Å². The van der Waals surface area contributed by atoms with Crippen LogP contribution < -0.4 is 10.1 Å². The Morgan fingerprint density at radius 3 is 2.71 bits per heavy atom. The van der Waals surface area contributed by atoms with E-state index in [2.05, 4.69) is 5.32 Å². The predicted octanol–water partition coefficient (Wildman–Crippen LogP) is 3.34. The zero-order chi connectivity index (χ0) is 16.2. The van der Waals surface area contributed by atoms with E-state index < -0.39 is 0 Å². The maximum absolute atomic E-state index is 13.0. The number of amides is 1. The van der Waals surface area contributed by atoms with Crippen LogP contribution in [0.15, 0.2) is 36.4 Å². The minimum Gasteiger partial charge on any atom is -0.496 e. The molecule has 1 N–H and O–H groups in total. The number of fused-ring (bicyclic) bond motifs is 1. The molecule has 2 aromatic rings. The lowest BCUT2D eigenvalue weighted by atomic mass is 9.96. The fraction of sp³-hybridized carbons (Fsp3) is 0.421. The first-order valence-electron chi connectivity index (χ1n) is 8.24. The zero-order valence-electron chi connectivity index (χ0n) is 14.2. The Morgan fingerprint density at radius 2 is 2.00 bits per heavy atom. The summed E-state index contributed by atoms with van der Waals surface area (Å²) in [6.07, 6.45) is 2.26. The zero-order valence-corrected chi connectivity index (χ0v) is 15.1. The Balaban J connectivity index is 0.00000208. The quantitative estimate of drug-likeness (QED) is 0.921. The van der Waals surface area contributed by atoms with E-state index in [-0.39, 0.29) is 18.3 Å². The molecule has 0 bridgehead atoms. The van der Waals surface area contributed by atoms with Gasteiger partial charge in [0.25, 0.3) is 5.91 Å². The van der Waals surface area contributed by atoms with Gasteiger partial charge in [-0.15, -0.1) is 12.4 Å². The van der Waals surface area contributed by atoms with E-state index in [1.807, 2.05) is 48.3 Å². The van der Waals surface area contributed by atoms with Crippen molar-refractivity contribution in [2.75, 3.05) is 33.8 Å². The topological polar surface area (TPSA) is 41.6 Å². The van der Waals surface area contributed by atoms with Gasteiger partial charge in [-0.05, 0) is 49.9 Å². The summed E-state index contributed by atoms with van der Waals surface area (Å²) < 4.78 is 5.42. The van der Waals surface area contributed by atoms with Crippen molar-refractivity contribution in [2.24, 2.45) is 5.92 Å². The minimum absolute atomic E-state index is 0. The number of carbonyl (C=O) groups is 1. The number of carbonyl (C=O) groups excluding carboxylic acids is 1. The number of hydrogen-bond donors (Lipinski definition) is 1. The third-order valence-corrected chi connectivity index (χ3v) is 4.63. The summed E-state index contributed by atoms with van der Waals surface area (Å²) in [5.74, 6) is 1.48. The number of halogens is 1. The highest BCUT2D eigenvalue weighted by Crippen LogP contribution is 2.30. The molecule has 0 radical (unpaired) electrons. The van der Waals surface area contributed by atoms with Crippen molar-refractivity contribution in [3.8, 4) is 5.75 Å². The first-order valence-corrected chi connectivity index (χ1v) is 8.24. The van der Waals surface area contributed by atoms with Crippen LogP contribution in [-0.2, 0) is 0 Å². The van der Waals surface area contributed by atoms with Gasteiger partial charge >= 0.3 is 0 Å². The number of methoxy groups -OCH3 is 1. The summed E-state index contributed by atoms with van der Waals surface area (Å²) >= 11 is 0. The fourth-order valence-corrected chi connectivity index (χ4v) is 3.51. The molecular formula is C19H25ClN2O2. The van der Waals surface area contributed by atoms with E-state index in [9.17, 15) is 4.79 Å². The summed E-state index contributed by atoms with van der Waals surface area (Å²) in [6, 6.07) is 11.7. The Bertz CT molecular complexity index is 703. The maximum Gasteiger partial charge on any atom is 0.254 e. The average molecular weight is 349 g/mol. The van der Waals surface area contributed by atoms with Crippen LogP contribution in [-0.4, -0.2) is 44.6 Å². The van der Waals surface area contributed by atoms with Crippen LogP contribution in [0.2, 0.25) is 0 Å². The summed E-state index contributed by atoms with van der Waals surface area (Å²) in [5.41, 5.74) is 0.770. The number of hydrogen-bond acceptors (Lipinski definition) is 3. The molecule has 1 atom stereocenters.